The SMILES string of the molecule is C=CCn1c(SCC(=O)Nc2sc(C(C)=O)c(C)c2C(=O)OCC)nnc1-c1ccccc1. The molecule has 0 saturated carbocycles. The van der Waals surface area contributed by atoms with E-state index in [0.717, 1.165) is 16.9 Å². The third kappa shape index (κ3) is 5.58. The molecule has 1 aromatic carbocycles. The average Bonchev–Trinajstić information content (AvgIpc) is 3.34. The van der Waals surface area contributed by atoms with E-state index < -0.39 is 5.97 Å². The molecule has 8 nitrogen and oxygen atoms in total. The maximum absolute atomic E-state index is 12.7. The van der Waals surface area contributed by atoms with Crippen molar-refractivity contribution in [1.29, 1.82) is 0 Å². The fourth-order valence-electron chi connectivity index (χ4n) is 3.17. The van der Waals surface area contributed by atoms with Crippen molar-refractivity contribution < 1.29 is 19.1 Å². The van der Waals surface area contributed by atoms with E-state index in [2.05, 4.69) is 22.1 Å². The molecule has 1 amide bonds. The van der Waals surface area contributed by atoms with Crippen molar-refractivity contribution >= 4 is 45.8 Å². The summed E-state index contributed by atoms with van der Waals surface area (Å²) in [5.41, 5.74) is 1.63. The predicted octanol–water partition coefficient (Wildman–Crippen LogP) is 4.61. The molecular formula is C23H24N4O4S2. The van der Waals surface area contributed by atoms with E-state index in [0.29, 0.717) is 33.0 Å². The Bertz CT molecular complexity index is 1180. The van der Waals surface area contributed by atoms with Crippen LogP contribution in [-0.2, 0) is 16.1 Å². The van der Waals surface area contributed by atoms with Gasteiger partial charge in [-0.15, -0.1) is 28.1 Å². The molecule has 0 aliphatic carbocycles. The van der Waals surface area contributed by atoms with Crippen molar-refractivity contribution in [2.45, 2.75) is 32.5 Å². The zero-order valence-corrected chi connectivity index (χ0v) is 20.2. The van der Waals surface area contributed by atoms with E-state index in [9.17, 15) is 14.4 Å². The second-order valence-electron chi connectivity index (χ2n) is 6.95. The monoisotopic (exact) mass is 484 g/mol. The first-order valence-corrected chi connectivity index (χ1v) is 12.0. The van der Waals surface area contributed by atoms with Gasteiger partial charge in [-0.25, -0.2) is 4.79 Å². The molecule has 0 atom stereocenters. The Kier molecular flexibility index (Phi) is 8.18. The lowest BCUT2D eigenvalue weighted by Gasteiger charge is -2.09. The number of esters is 1. The minimum Gasteiger partial charge on any atom is -0.462 e. The highest BCUT2D eigenvalue weighted by Gasteiger charge is 2.25. The van der Waals surface area contributed by atoms with E-state index in [1.807, 2.05) is 34.9 Å². The number of aromatic nitrogens is 3. The fourth-order valence-corrected chi connectivity index (χ4v) is 5.02. The number of nitrogens with zero attached hydrogens (tertiary/aromatic N) is 3. The van der Waals surface area contributed by atoms with Gasteiger partial charge in [-0.1, -0.05) is 48.2 Å². The number of hydrogen-bond acceptors (Lipinski definition) is 8. The highest BCUT2D eigenvalue weighted by Crippen LogP contribution is 2.34. The van der Waals surface area contributed by atoms with Crippen LogP contribution in [0.3, 0.4) is 0 Å². The zero-order valence-electron chi connectivity index (χ0n) is 18.6. The summed E-state index contributed by atoms with van der Waals surface area (Å²) in [6.07, 6.45) is 1.74. The Balaban J connectivity index is 1.78. The molecule has 0 aliphatic rings. The van der Waals surface area contributed by atoms with Crippen LogP contribution in [0.5, 0.6) is 0 Å². The van der Waals surface area contributed by atoms with Crippen molar-refractivity contribution in [1.82, 2.24) is 14.8 Å². The highest BCUT2D eigenvalue weighted by atomic mass is 32.2. The number of thioether (sulfide) groups is 1. The summed E-state index contributed by atoms with van der Waals surface area (Å²) in [6.45, 7) is 9.26. The summed E-state index contributed by atoms with van der Waals surface area (Å²) >= 11 is 2.30. The minimum absolute atomic E-state index is 0.0404. The highest BCUT2D eigenvalue weighted by molar-refractivity contribution is 7.99. The number of thiophene rings is 1. The minimum atomic E-state index is -0.570. The molecular weight excluding hydrogens is 460 g/mol. The number of hydrogen-bond donors (Lipinski definition) is 1. The van der Waals surface area contributed by atoms with E-state index in [4.69, 9.17) is 4.74 Å². The van der Waals surface area contributed by atoms with Crippen LogP contribution in [0.25, 0.3) is 11.4 Å². The molecule has 0 radical (unpaired) electrons. The van der Waals surface area contributed by atoms with Gasteiger partial charge in [0.25, 0.3) is 0 Å². The van der Waals surface area contributed by atoms with Crippen molar-refractivity contribution in [2.75, 3.05) is 17.7 Å². The molecule has 0 fully saturated rings. The van der Waals surface area contributed by atoms with Crippen LogP contribution in [0, 0.1) is 6.92 Å². The van der Waals surface area contributed by atoms with Crippen LogP contribution >= 0.6 is 23.1 Å². The lowest BCUT2D eigenvalue weighted by Crippen LogP contribution is -2.17. The summed E-state index contributed by atoms with van der Waals surface area (Å²) in [7, 11) is 0. The Morgan fingerprint density at radius 3 is 2.61 bits per heavy atom. The first kappa shape index (κ1) is 24.4. The summed E-state index contributed by atoms with van der Waals surface area (Å²) in [6, 6.07) is 9.64. The van der Waals surface area contributed by atoms with Gasteiger partial charge in [0.15, 0.2) is 16.8 Å². The zero-order chi connectivity index (χ0) is 24.0. The Morgan fingerprint density at radius 2 is 1.97 bits per heavy atom. The lowest BCUT2D eigenvalue weighted by molar-refractivity contribution is -0.113. The second kappa shape index (κ2) is 11.1. The lowest BCUT2D eigenvalue weighted by atomic mass is 10.1. The predicted molar refractivity (Wildman–Crippen MR) is 130 cm³/mol. The van der Waals surface area contributed by atoms with Gasteiger partial charge >= 0.3 is 5.97 Å². The molecule has 10 heteroatoms. The number of ether oxygens (including phenoxy) is 1. The van der Waals surface area contributed by atoms with Gasteiger partial charge in [-0.3, -0.25) is 14.2 Å². The number of benzene rings is 1. The van der Waals surface area contributed by atoms with Gasteiger partial charge in [-0.05, 0) is 26.3 Å². The van der Waals surface area contributed by atoms with E-state index in [1.54, 1.807) is 19.9 Å². The average molecular weight is 485 g/mol. The summed E-state index contributed by atoms with van der Waals surface area (Å²) < 4.78 is 6.99. The smallest absolute Gasteiger partial charge is 0.341 e. The second-order valence-corrected chi connectivity index (χ2v) is 8.91. The third-order valence-corrected chi connectivity index (χ3v) is 6.87. The number of nitrogens with one attached hydrogen (secondary N) is 1. The van der Waals surface area contributed by atoms with E-state index in [-0.39, 0.29) is 29.6 Å². The topological polar surface area (TPSA) is 103 Å². The van der Waals surface area contributed by atoms with Crippen LogP contribution in [0.15, 0.2) is 48.1 Å². The molecule has 0 spiro atoms. The molecule has 2 aromatic heterocycles. The molecule has 33 heavy (non-hydrogen) atoms. The molecule has 0 saturated heterocycles. The van der Waals surface area contributed by atoms with Crippen molar-refractivity contribution in [2.24, 2.45) is 0 Å². The molecule has 0 bridgehead atoms. The number of anilines is 1. The standard InChI is InChI=1S/C23H24N4O4S2/c1-5-12-27-20(16-10-8-7-9-11-16)25-26-23(27)32-13-17(29)24-21-18(22(30)31-6-2)14(3)19(33-21)15(4)28/h5,7-11H,1,6,12-13H2,2-4H3,(H,24,29). The van der Waals surface area contributed by atoms with Crippen LogP contribution in [-0.4, -0.2) is 44.8 Å². The van der Waals surface area contributed by atoms with Gasteiger partial charge in [0.05, 0.1) is 22.8 Å². The summed E-state index contributed by atoms with van der Waals surface area (Å²) in [5, 5.41) is 12.1. The van der Waals surface area contributed by atoms with E-state index >= 15 is 0 Å². The largest absolute Gasteiger partial charge is 0.462 e. The summed E-state index contributed by atoms with van der Waals surface area (Å²) in [4.78, 5) is 37.5. The van der Waals surface area contributed by atoms with Gasteiger partial charge in [0, 0.05) is 12.1 Å². The number of allylic oxidation sites excluding steroid dienone is 1. The number of Topliss-reactive ketones (excluding diaryl/α,β-unsaturated/α-hetero) is 1. The fraction of sp³-hybridized carbons (Fsp3) is 0.261. The number of carbonyl (C=O) groups is 3. The maximum Gasteiger partial charge on any atom is 0.341 e. The molecule has 1 N–H and O–H groups in total. The Morgan fingerprint density at radius 1 is 1.24 bits per heavy atom. The molecule has 3 aromatic rings. The van der Waals surface area contributed by atoms with Gasteiger partial charge < -0.3 is 10.1 Å². The molecule has 2 heterocycles. The van der Waals surface area contributed by atoms with E-state index in [1.165, 1.54) is 18.7 Å². The summed E-state index contributed by atoms with van der Waals surface area (Å²) in [5.74, 6) is -0.360. The van der Waals surface area contributed by atoms with Crippen LogP contribution in [0.2, 0.25) is 0 Å². The van der Waals surface area contributed by atoms with Crippen molar-refractivity contribution in [3.05, 3.63) is 59.0 Å². The number of ketones is 1. The number of carbonyl (C=O) groups excluding carboxylic acids is 3. The maximum atomic E-state index is 12.7. The quantitative estimate of drug-likeness (QED) is 0.194. The molecule has 172 valence electrons. The van der Waals surface area contributed by atoms with Crippen molar-refractivity contribution in [3.63, 3.8) is 0 Å². The first-order chi connectivity index (χ1) is 15.9. The Hall–Kier alpha value is -3.24. The Labute approximate surface area is 200 Å². The molecule has 0 unspecified atom stereocenters. The van der Waals surface area contributed by atoms with Gasteiger partial charge in [0.1, 0.15) is 5.00 Å². The normalized spacial score (nSPS) is 10.6. The molecule has 0 aliphatic heterocycles. The van der Waals surface area contributed by atoms with Gasteiger partial charge in [-0.2, -0.15) is 0 Å². The van der Waals surface area contributed by atoms with Crippen LogP contribution < -0.4 is 5.32 Å². The number of rotatable bonds is 10. The van der Waals surface area contributed by atoms with Crippen molar-refractivity contribution in [3.8, 4) is 11.4 Å². The van der Waals surface area contributed by atoms with Gasteiger partial charge in [0.2, 0.25) is 5.91 Å². The molecule has 3 rings (SSSR count). The number of amides is 1. The first-order valence-electron chi connectivity index (χ1n) is 10.2. The van der Waals surface area contributed by atoms with Crippen LogP contribution in [0.4, 0.5) is 5.00 Å². The third-order valence-electron chi connectivity index (χ3n) is 4.59. The van der Waals surface area contributed by atoms with Crippen LogP contribution in [0.1, 0.15) is 39.4 Å².